The zero-order chi connectivity index (χ0) is 18.9. The zero-order valence-electron chi connectivity index (χ0n) is 17.0. The van der Waals surface area contributed by atoms with Crippen molar-refractivity contribution in [1.29, 1.82) is 0 Å². The second kappa shape index (κ2) is 5.72. The van der Waals surface area contributed by atoms with Crippen molar-refractivity contribution in [2.75, 3.05) is 7.11 Å². The highest BCUT2D eigenvalue weighted by Crippen LogP contribution is 2.79. The lowest BCUT2D eigenvalue weighted by Gasteiger charge is -2.51. The molecule has 0 N–H and O–H groups in total. The van der Waals surface area contributed by atoms with Crippen molar-refractivity contribution in [3.63, 3.8) is 0 Å². The van der Waals surface area contributed by atoms with Gasteiger partial charge in [0.25, 0.3) is 0 Å². The van der Waals surface area contributed by atoms with Gasteiger partial charge in [-0.3, -0.25) is 4.79 Å². The number of carbonyl (C=O) groups is 1. The molecular formula is C25H32O2. The molecular weight excluding hydrogens is 332 g/mol. The number of fused-ring (bicyclic) bond motifs is 2. The topological polar surface area (TPSA) is 26.3 Å². The first-order valence-electron chi connectivity index (χ1n) is 10.9. The van der Waals surface area contributed by atoms with Crippen LogP contribution in [0.3, 0.4) is 0 Å². The van der Waals surface area contributed by atoms with E-state index in [-0.39, 0.29) is 22.2 Å². The maximum atomic E-state index is 13.6. The number of Topliss-reactive ketones (excluding diaryl/α,β-unsaturated/α-hetero) is 1. The van der Waals surface area contributed by atoms with Gasteiger partial charge in [0.15, 0.2) is 0 Å². The molecule has 1 aromatic rings. The van der Waals surface area contributed by atoms with E-state index >= 15 is 0 Å². The van der Waals surface area contributed by atoms with Crippen LogP contribution in [0.15, 0.2) is 36.4 Å². The predicted octanol–water partition coefficient (Wildman–Crippen LogP) is 5.70. The molecule has 3 fully saturated rings. The van der Waals surface area contributed by atoms with Gasteiger partial charge in [-0.2, -0.15) is 0 Å². The normalized spacial score (nSPS) is 45.3. The molecule has 4 aliphatic carbocycles. The maximum Gasteiger partial charge on any atom is 0.137 e. The van der Waals surface area contributed by atoms with Crippen LogP contribution < -0.4 is 4.74 Å². The van der Waals surface area contributed by atoms with Crippen molar-refractivity contribution in [3.05, 3.63) is 42.0 Å². The third-order valence-electron chi connectivity index (χ3n) is 9.09. The molecule has 0 amide bonds. The van der Waals surface area contributed by atoms with Gasteiger partial charge in [0.1, 0.15) is 11.5 Å². The minimum absolute atomic E-state index is 0.133. The van der Waals surface area contributed by atoms with E-state index in [0.717, 1.165) is 12.2 Å². The van der Waals surface area contributed by atoms with Gasteiger partial charge in [0.2, 0.25) is 0 Å². The summed E-state index contributed by atoms with van der Waals surface area (Å²) in [6.45, 7) is 4.79. The van der Waals surface area contributed by atoms with Crippen molar-refractivity contribution in [3.8, 4) is 5.75 Å². The number of methoxy groups -OCH3 is 1. The first-order valence-corrected chi connectivity index (χ1v) is 10.9. The number of ketones is 1. The van der Waals surface area contributed by atoms with Crippen LogP contribution in [0.4, 0.5) is 0 Å². The van der Waals surface area contributed by atoms with Gasteiger partial charge in [-0.1, -0.05) is 51.0 Å². The van der Waals surface area contributed by atoms with Crippen LogP contribution in [-0.2, 0) is 10.2 Å². The van der Waals surface area contributed by atoms with E-state index < -0.39 is 0 Å². The van der Waals surface area contributed by atoms with Crippen molar-refractivity contribution >= 4 is 5.78 Å². The van der Waals surface area contributed by atoms with Crippen LogP contribution in [0.25, 0.3) is 0 Å². The quantitative estimate of drug-likeness (QED) is 0.629. The van der Waals surface area contributed by atoms with E-state index in [1.54, 1.807) is 7.11 Å². The lowest BCUT2D eigenvalue weighted by Crippen LogP contribution is -2.47. The fraction of sp³-hybridized carbons (Fsp3) is 0.640. The van der Waals surface area contributed by atoms with E-state index in [1.165, 1.54) is 44.1 Å². The highest BCUT2D eigenvalue weighted by Gasteiger charge is 2.76. The zero-order valence-corrected chi connectivity index (χ0v) is 17.0. The van der Waals surface area contributed by atoms with Crippen LogP contribution in [0.5, 0.6) is 5.75 Å². The summed E-state index contributed by atoms with van der Waals surface area (Å²) in [5.41, 5.74) is 1.58. The standard InChI is InChI=1S/C25H32O2/c1-17-6-11-20-22(21(26)16-17)25(18-7-9-19(27-3)10-8-18)15-14-24(20)13-5-4-12-23(24,25)2/h7-10,14-15,17,20,22H,4-6,11-13,16H2,1-3H3/t17-,20+,22+,23-,24+,25-/m1/s1. The van der Waals surface area contributed by atoms with Gasteiger partial charge in [0.05, 0.1) is 7.11 Å². The summed E-state index contributed by atoms with van der Waals surface area (Å²) in [5, 5.41) is 0. The number of rotatable bonds is 2. The molecule has 0 heterocycles. The molecule has 0 saturated heterocycles. The molecule has 2 heteroatoms. The van der Waals surface area contributed by atoms with Crippen molar-refractivity contribution in [1.82, 2.24) is 0 Å². The molecule has 144 valence electrons. The van der Waals surface area contributed by atoms with Crippen LogP contribution in [-0.4, -0.2) is 12.9 Å². The molecule has 0 spiro atoms. The fourth-order valence-electron chi connectivity index (χ4n) is 7.91. The smallest absolute Gasteiger partial charge is 0.137 e. The Morgan fingerprint density at radius 3 is 2.52 bits per heavy atom. The Balaban J connectivity index is 1.73. The van der Waals surface area contributed by atoms with Gasteiger partial charge in [-0.25, -0.2) is 0 Å². The minimum atomic E-state index is -0.133. The molecule has 0 aliphatic heterocycles. The van der Waals surface area contributed by atoms with Crippen molar-refractivity contribution in [2.24, 2.45) is 28.6 Å². The lowest BCUT2D eigenvalue weighted by molar-refractivity contribution is -0.126. The monoisotopic (exact) mass is 364 g/mol. The number of ether oxygens (including phenoxy) is 1. The number of allylic oxidation sites excluding steroid dienone is 2. The molecule has 5 rings (SSSR count). The lowest BCUT2D eigenvalue weighted by atomic mass is 9.52. The predicted molar refractivity (Wildman–Crippen MR) is 108 cm³/mol. The SMILES string of the molecule is COc1ccc([C@@]23C=C[C@@]4(CCCC[C@]42C)[C@H]2CC[C@@H](C)CC(=O)[C@H]23)cc1. The van der Waals surface area contributed by atoms with Crippen LogP contribution in [0.1, 0.15) is 64.4 Å². The van der Waals surface area contributed by atoms with E-state index in [4.69, 9.17) is 4.74 Å². The highest BCUT2D eigenvalue weighted by atomic mass is 16.5. The Morgan fingerprint density at radius 2 is 1.78 bits per heavy atom. The number of benzene rings is 1. The Bertz CT molecular complexity index is 793. The summed E-state index contributed by atoms with van der Waals surface area (Å²) in [6.07, 6.45) is 13.3. The van der Waals surface area contributed by atoms with Gasteiger partial charge < -0.3 is 4.74 Å². The molecule has 1 aromatic carbocycles. The first-order chi connectivity index (χ1) is 13.0. The van der Waals surface area contributed by atoms with Gasteiger partial charge in [-0.05, 0) is 66.0 Å². The Labute approximate surface area is 163 Å². The van der Waals surface area contributed by atoms with E-state index in [2.05, 4.69) is 50.3 Å². The largest absolute Gasteiger partial charge is 0.497 e. The summed E-state index contributed by atoms with van der Waals surface area (Å²) in [6, 6.07) is 8.65. The van der Waals surface area contributed by atoms with Crippen molar-refractivity contribution < 1.29 is 9.53 Å². The number of hydrogen-bond donors (Lipinski definition) is 0. The summed E-state index contributed by atoms with van der Waals surface area (Å²) >= 11 is 0. The highest BCUT2D eigenvalue weighted by molar-refractivity contribution is 5.86. The van der Waals surface area contributed by atoms with E-state index in [1.807, 2.05) is 0 Å². The molecule has 27 heavy (non-hydrogen) atoms. The second-order valence-corrected chi connectivity index (χ2v) is 9.95. The summed E-state index contributed by atoms with van der Waals surface area (Å²) in [4.78, 5) is 13.6. The van der Waals surface area contributed by atoms with Gasteiger partial charge >= 0.3 is 0 Å². The molecule has 0 unspecified atom stereocenters. The average molecular weight is 365 g/mol. The van der Waals surface area contributed by atoms with Crippen molar-refractivity contribution in [2.45, 2.75) is 64.2 Å². The average Bonchev–Trinajstić information content (AvgIpc) is 2.98. The Hall–Kier alpha value is -1.57. The summed E-state index contributed by atoms with van der Waals surface area (Å²) in [7, 11) is 1.72. The molecule has 2 nitrogen and oxygen atoms in total. The van der Waals surface area contributed by atoms with Gasteiger partial charge in [0, 0.05) is 17.8 Å². The molecule has 0 aromatic heterocycles. The Kier molecular flexibility index (Phi) is 3.71. The number of carbonyl (C=O) groups excluding carboxylic acids is 1. The molecule has 4 aliphatic rings. The van der Waals surface area contributed by atoms with Gasteiger partial charge in [-0.15, -0.1) is 0 Å². The van der Waals surface area contributed by atoms with E-state index in [9.17, 15) is 4.79 Å². The van der Waals surface area contributed by atoms with Crippen LogP contribution >= 0.6 is 0 Å². The van der Waals surface area contributed by atoms with Crippen LogP contribution in [0.2, 0.25) is 0 Å². The molecule has 3 saturated carbocycles. The maximum absolute atomic E-state index is 13.6. The minimum Gasteiger partial charge on any atom is -0.497 e. The fourth-order valence-corrected chi connectivity index (χ4v) is 7.91. The number of hydrogen-bond acceptors (Lipinski definition) is 2. The van der Waals surface area contributed by atoms with Crippen LogP contribution in [0, 0.1) is 28.6 Å². The Morgan fingerprint density at radius 1 is 1.04 bits per heavy atom. The summed E-state index contributed by atoms with van der Waals surface area (Å²) in [5.74, 6) is 2.63. The summed E-state index contributed by atoms with van der Waals surface area (Å²) < 4.78 is 5.42. The third-order valence-corrected chi connectivity index (χ3v) is 9.09. The molecule has 0 radical (unpaired) electrons. The second-order valence-electron chi connectivity index (χ2n) is 9.95. The molecule has 6 atom stereocenters. The third kappa shape index (κ3) is 1.95. The first kappa shape index (κ1) is 17.5. The van der Waals surface area contributed by atoms with E-state index in [0.29, 0.717) is 17.6 Å². The molecule has 2 bridgehead atoms.